The first-order valence-corrected chi connectivity index (χ1v) is 19.3. The molecule has 2 fully saturated rings. The molecule has 16 heteroatoms. The van der Waals surface area contributed by atoms with Gasteiger partial charge in [-0.3, -0.25) is 19.6 Å². The normalized spacial score (nSPS) is 20.0. The van der Waals surface area contributed by atoms with Crippen LogP contribution in [0.2, 0.25) is 15.1 Å². The number of morpholine rings is 1. The Kier molecular flexibility index (Phi) is 11.8. The van der Waals surface area contributed by atoms with Gasteiger partial charge in [0.2, 0.25) is 15.9 Å². The molecule has 0 radical (unpaired) electrons. The molecule has 3 aliphatic rings. The number of carbonyl (C=O) groups excluding carboxylic acids is 2. The fourth-order valence-electron chi connectivity index (χ4n) is 6.51. The average Bonchev–Trinajstić information content (AvgIpc) is 3.53. The van der Waals surface area contributed by atoms with Crippen LogP contribution in [0.3, 0.4) is 0 Å². The molecule has 2 atom stereocenters. The number of amidine groups is 1. The van der Waals surface area contributed by atoms with Gasteiger partial charge in [0.25, 0.3) is 0 Å². The number of carbonyl (C=O) groups is 2. The molecule has 272 valence electrons. The first kappa shape index (κ1) is 37.3. The van der Waals surface area contributed by atoms with Gasteiger partial charge in [-0.1, -0.05) is 59.1 Å². The van der Waals surface area contributed by atoms with Crippen LogP contribution in [-0.2, 0) is 19.6 Å². The molecule has 0 unspecified atom stereocenters. The Morgan fingerprint density at radius 1 is 0.882 bits per heavy atom. The van der Waals surface area contributed by atoms with Crippen LogP contribution in [0.15, 0.2) is 70.6 Å². The van der Waals surface area contributed by atoms with Crippen molar-refractivity contribution in [2.24, 2.45) is 4.99 Å². The van der Waals surface area contributed by atoms with Gasteiger partial charge >= 0.3 is 6.03 Å². The van der Waals surface area contributed by atoms with Gasteiger partial charge in [-0.15, -0.1) is 0 Å². The summed E-state index contributed by atoms with van der Waals surface area (Å²) in [6.07, 6.45) is 0. The lowest BCUT2D eigenvalue weighted by atomic mass is 9.93. The van der Waals surface area contributed by atoms with Crippen LogP contribution in [-0.4, -0.2) is 118 Å². The zero-order valence-electron chi connectivity index (χ0n) is 28.2. The van der Waals surface area contributed by atoms with E-state index < -0.39 is 22.1 Å². The van der Waals surface area contributed by atoms with Crippen molar-refractivity contribution >= 4 is 62.6 Å². The van der Waals surface area contributed by atoms with Crippen molar-refractivity contribution in [2.75, 3.05) is 72.7 Å². The smallest absolute Gasteiger partial charge is 0.326 e. The second kappa shape index (κ2) is 16.1. The van der Waals surface area contributed by atoms with Crippen LogP contribution < -0.4 is 9.46 Å². The molecule has 0 aliphatic carbocycles. The Morgan fingerprint density at radius 2 is 1.49 bits per heavy atom. The number of rotatable bonds is 9. The minimum Gasteiger partial charge on any atom is -0.493 e. The maximum Gasteiger partial charge on any atom is 0.326 e. The Balaban J connectivity index is 1.42. The minimum absolute atomic E-state index is 0.0409. The summed E-state index contributed by atoms with van der Waals surface area (Å²) in [7, 11) is -2.72. The Labute approximate surface area is 312 Å². The SMILES string of the molecule is CCOc1cc(Cl)c(S(=O)(=O)NC)cc1C1=N[C@@H](c2ccc(Cl)cc2)[C@@H](c2ccc(Cl)cc2)N1C(=O)N1CCN(CC(=O)N2CCOCC2)CC1. The molecule has 3 aliphatic heterocycles. The van der Waals surface area contributed by atoms with E-state index in [-0.39, 0.29) is 52.2 Å². The van der Waals surface area contributed by atoms with Gasteiger partial charge in [-0.2, -0.15) is 0 Å². The van der Waals surface area contributed by atoms with Crippen LogP contribution in [0.1, 0.15) is 35.7 Å². The Hall–Kier alpha value is -3.43. The fraction of sp³-hybridized carbons (Fsp3) is 0.400. The van der Waals surface area contributed by atoms with E-state index in [0.29, 0.717) is 62.5 Å². The van der Waals surface area contributed by atoms with Crippen LogP contribution >= 0.6 is 34.8 Å². The van der Waals surface area contributed by atoms with E-state index in [9.17, 15) is 18.0 Å². The average molecular weight is 778 g/mol. The number of benzene rings is 3. The van der Waals surface area contributed by atoms with E-state index in [0.717, 1.165) is 11.1 Å². The number of ether oxygens (including phenoxy) is 2. The van der Waals surface area contributed by atoms with E-state index in [2.05, 4.69) is 9.62 Å². The maximum atomic E-state index is 14.9. The lowest BCUT2D eigenvalue weighted by molar-refractivity contribution is -0.136. The molecule has 0 spiro atoms. The molecule has 3 amide bonds. The van der Waals surface area contributed by atoms with Crippen LogP contribution in [0.5, 0.6) is 5.75 Å². The number of halogens is 3. The summed E-state index contributed by atoms with van der Waals surface area (Å²) in [5.41, 5.74) is 1.83. The van der Waals surface area contributed by atoms with Crippen molar-refractivity contribution < 1.29 is 27.5 Å². The second-order valence-corrected chi connectivity index (χ2v) is 15.4. The number of nitrogens with zero attached hydrogens (tertiary/aromatic N) is 5. The summed E-state index contributed by atoms with van der Waals surface area (Å²) >= 11 is 19.1. The molecular weight excluding hydrogens is 739 g/mol. The standard InChI is InChI=1S/C35H39Cl3N6O6S/c1-3-50-29-21-28(38)30(51(47,48)39-2)20-27(29)34-40-32(23-4-8-25(36)9-5-23)33(24-6-10-26(37)11-7-24)44(34)35(46)43-14-12-41(13-15-43)22-31(45)42-16-18-49-19-17-42/h4-11,20-21,32-33,39H,3,12-19,22H2,1-2H3/t32-,33+/m0/s1. The predicted octanol–water partition coefficient (Wildman–Crippen LogP) is 5.09. The predicted molar refractivity (Wildman–Crippen MR) is 196 cm³/mol. The third-order valence-electron chi connectivity index (χ3n) is 9.19. The van der Waals surface area contributed by atoms with Crippen LogP contribution in [0.4, 0.5) is 4.79 Å². The molecule has 0 saturated carbocycles. The van der Waals surface area contributed by atoms with E-state index in [1.54, 1.807) is 41.0 Å². The number of sulfonamides is 1. The molecule has 3 heterocycles. The molecule has 1 N–H and O–H groups in total. The quantitative estimate of drug-likeness (QED) is 0.321. The zero-order chi connectivity index (χ0) is 36.3. The summed E-state index contributed by atoms with van der Waals surface area (Å²) in [6.45, 7) is 6.19. The van der Waals surface area contributed by atoms with Crippen LogP contribution in [0.25, 0.3) is 0 Å². The van der Waals surface area contributed by atoms with Gasteiger partial charge in [0, 0.05) is 55.4 Å². The van der Waals surface area contributed by atoms with Crippen molar-refractivity contribution in [3.05, 3.63) is 92.4 Å². The molecule has 3 aromatic rings. The first-order valence-electron chi connectivity index (χ1n) is 16.7. The highest BCUT2D eigenvalue weighted by Crippen LogP contribution is 2.46. The van der Waals surface area contributed by atoms with Gasteiger partial charge in [0.05, 0.1) is 43.0 Å². The number of aliphatic imine (C=N–C) groups is 1. The van der Waals surface area contributed by atoms with Crippen molar-refractivity contribution in [2.45, 2.75) is 23.9 Å². The van der Waals surface area contributed by atoms with Gasteiger partial charge in [0.1, 0.15) is 22.5 Å². The van der Waals surface area contributed by atoms with Gasteiger partial charge in [-0.05, 0) is 55.4 Å². The summed E-state index contributed by atoms with van der Waals surface area (Å²) in [5, 5.41) is 1.03. The molecule has 6 rings (SSSR count). The Bertz CT molecular complexity index is 1880. The highest BCUT2D eigenvalue weighted by Gasteiger charge is 2.45. The van der Waals surface area contributed by atoms with Gasteiger partial charge in [-0.25, -0.2) is 17.9 Å². The van der Waals surface area contributed by atoms with Crippen molar-refractivity contribution in [3.63, 3.8) is 0 Å². The number of nitrogens with one attached hydrogen (secondary N) is 1. The second-order valence-electron chi connectivity index (χ2n) is 12.3. The maximum absolute atomic E-state index is 14.9. The molecule has 0 bridgehead atoms. The van der Waals surface area contributed by atoms with Crippen molar-refractivity contribution in [1.82, 2.24) is 24.3 Å². The number of hydrogen-bond acceptors (Lipinski definition) is 8. The number of urea groups is 1. The summed E-state index contributed by atoms with van der Waals surface area (Å²) < 4.78 is 40.0. The summed E-state index contributed by atoms with van der Waals surface area (Å²) in [5.74, 6) is 0.531. The van der Waals surface area contributed by atoms with Crippen LogP contribution in [0, 0.1) is 0 Å². The molecule has 3 aromatic carbocycles. The molecule has 2 saturated heterocycles. The van der Waals surface area contributed by atoms with E-state index in [1.807, 2.05) is 29.2 Å². The summed E-state index contributed by atoms with van der Waals surface area (Å²) in [6, 6.07) is 15.7. The number of piperazine rings is 1. The van der Waals surface area contributed by atoms with Crippen molar-refractivity contribution in [3.8, 4) is 5.75 Å². The topological polar surface area (TPSA) is 124 Å². The molecule has 51 heavy (non-hydrogen) atoms. The van der Waals surface area contributed by atoms with Gasteiger partial charge in [0.15, 0.2) is 0 Å². The van der Waals surface area contributed by atoms with Gasteiger partial charge < -0.3 is 19.3 Å². The molecule has 12 nitrogen and oxygen atoms in total. The van der Waals surface area contributed by atoms with E-state index >= 15 is 0 Å². The fourth-order valence-corrected chi connectivity index (χ4v) is 8.03. The minimum atomic E-state index is -4.02. The van der Waals surface area contributed by atoms with E-state index in [4.69, 9.17) is 49.3 Å². The highest BCUT2D eigenvalue weighted by molar-refractivity contribution is 7.89. The lowest BCUT2D eigenvalue weighted by Crippen LogP contribution is -2.56. The van der Waals surface area contributed by atoms with Crippen molar-refractivity contribution in [1.29, 1.82) is 0 Å². The Morgan fingerprint density at radius 3 is 2.08 bits per heavy atom. The number of amides is 3. The highest BCUT2D eigenvalue weighted by atomic mass is 35.5. The van der Waals surface area contributed by atoms with E-state index in [1.165, 1.54) is 19.2 Å². The summed E-state index contributed by atoms with van der Waals surface area (Å²) in [4.78, 5) is 40.1. The first-order chi connectivity index (χ1) is 24.5. The third kappa shape index (κ3) is 8.15. The molecule has 0 aromatic heterocycles. The number of hydrogen-bond donors (Lipinski definition) is 1. The molecular formula is C35H39Cl3N6O6S. The largest absolute Gasteiger partial charge is 0.493 e. The zero-order valence-corrected chi connectivity index (χ0v) is 31.3. The monoisotopic (exact) mass is 776 g/mol. The lowest BCUT2D eigenvalue weighted by Gasteiger charge is -2.39. The third-order valence-corrected chi connectivity index (χ3v) is 11.6.